The highest BCUT2D eigenvalue weighted by Gasteiger charge is 2.08. The minimum absolute atomic E-state index is 0.225. The smallest absolute Gasteiger partial charge is 0.257 e. The summed E-state index contributed by atoms with van der Waals surface area (Å²) in [4.78, 5) is 11.9. The van der Waals surface area contributed by atoms with Crippen molar-refractivity contribution in [2.75, 3.05) is 12.4 Å². The van der Waals surface area contributed by atoms with Crippen molar-refractivity contribution >= 4 is 28.9 Å². The fourth-order valence-electron chi connectivity index (χ4n) is 1.67. The van der Waals surface area contributed by atoms with Crippen molar-refractivity contribution in [2.24, 2.45) is 0 Å². The number of hydrogen-bond donors (Lipinski definition) is 2. The van der Waals surface area contributed by atoms with E-state index in [1.165, 1.54) is 0 Å². The number of carbonyl (C=O) groups excluding carboxylic acids is 1. The molecule has 4 nitrogen and oxygen atoms in total. The first-order valence-electron chi connectivity index (χ1n) is 6.01. The Morgan fingerprint density at radius 2 is 1.70 bits per heavy atom. The normalized spacial score (nSPS) is 9.65. The van der Waals surface area contributed by atoms with Gasteiger partial charge in [-0.2, -0.15) is 0 Å². The van der Waals surface area contributed by atoms with Crippen LogP contribution in [0.2, 0.25) is 0 Å². The van der Waals surface area contributed by atoms with Crippen LogP contribution in [0.5, 0.6) is 5.75 Å². The average Bonchev–Trinajstić information content (AvgIpc) is 2.48. The van der Waals surface area contributed by atoms with Gasteiger partial charge in [0.05, 0.1) is 12.8 Å². The zero-order chi connectivity index (χ0) is 14.4. The quantitative estimate of drug-likeness (QED) is 0.852. The number of para-hydroxylation sites is 2. The molecule has 2 N–H and O–H groups in total. The van der Waals surface area contributed by atoms with Gasteiger partial charge in [-0.15, -0.1) is 0 Å². The Bertz CT molecular complexity index is 614. The molecule has 1 amide bonds. The standard InChI is InChI=1S/C15H14N2O2S/c1-19-13-10-6-5-9-12(13)16-15(20)17-14(18)11-7-3-2-4-8-11/h2-10H,1H3,(H2,16,17,18,20). The highest BCUT2D eigenvalue weighted by molar-refractivity contribution is 7.80. The highest BCUT2D eigenvalue weighted by Crippen LogP contribution is 2.22. The van der Waals surface area contributed by atoms with Gasteiger partial charge in [0.2, 0.25) is 0 Å². The Morgan fingerprint density at radius 3 is 2.40 bits per heavy atom. The number of thiocarbonyl (C=S) groups is 1. The third-order valence-electron chi connectivity index (χ3n) is 2.62. The molecule has 0 bridgehead atoms. The number of amides is 1. The molecule has 0 aromatic heterocycles. The molecule has 2 aromatic rings. The van der Waals surface area contributed by atoms with Gasteiger partial charge in [-0.05, 0) is 36.5 Å². The molecule has 2 aromatic carbocycles. The van der Waals surface area contributed by atoms with Gasteiger partial charge in [0.1, 0.15) is 5.75 Å². The van der Waals surface area contributed by atoms with E-state index in [9.17, 15) is 4.79 Å². The average molecular weight is 286 g/mol. The predicted octanol–water partition coefficient (Wildman–Crippen LogP) is 2.82. The topological polar surface area (TPSA) is 50.4 Å². The summed E-state index contributed by atoms with van der Waals surface area (Å²) in [6, 6.07) is 16.2. The molecule has 5 heteroatoms. The molecule has 0 aliphatic rings. The number of rotatable bonds is 3. The van der Waals surface area contributed by atoms with E-state index in [1.807, 2.05) is 30.3 Å². The Kier molecular flexibility index (Phi) is 4.68. The predicted molar refractivity (Wildman–Crippen MR) is 83.1 cm³/mol. The van der Waals surface area contributed by atoms with Gasteiger partial charge in [-0.25, -0.2) is 0 Å². The molecule has 2 rings (SSSR count). The number of ether oxygens (including phenoxy) is 1. The SMILES string of the molecule is COc1ccccc1NC(=S)NC(=O)c1ccccc1. The third-order valence-corrected chi connectivity index (χ3v) is 2.82. The van der Waals surface area contributed by atoms with Crippen LogP contribution in [0, 0.1) is 0 Å². The Labute approximate surface area is 122 Å². The van der Waals surface area contributed by atoms with Gasteiger partial charge in [0.25, 0.3) is 5.91 Å². The summed E-state index contributed by atoms with van der Waals surface area (Å²) in [5.41, 5.74) is 1.25. The molecule has 0 atom stereocenters. The van der Waals surface area contributed by atoms with E-state index in [-0.39, 0.29) is 11.0 Å². The van der Waals surface area contributed by atoms with E-state index in [1.54, 1.807) is 31.4 Å². The maximum atomic E-state index is 11.9. The van der Waals surface area contributed by atoms with Crippen LogP contribution >= 0.6 is 12.2 Å². The van der Waals surface area contributed by atoms with Crippen LogP contribution in [0.25, 0.3) is 0 Å². The number of anilines is 1. The minimum Gasteiger partial charge on any atom is -0.495 e. The van der Waals surface area contributed by atoms with Crippen LogP contribution in [-0.4, -0.2) is 18.1 Å². The molecule has 20 heavy (non-hydrogen) atoms. The van der Waals surface area contributed by atoms with E-state index >= 15 is 0 Å². The van der Waals surface area contributed by atoms with E-state index in [4.69, 9.17) is 17.0 Å². The maximum Gasteiger partial charge on any atom is 0.257 e. The van der Waals surface area contributed by atoms with Gasteiger partial charge in [-0.3, -0.25) is 10.1 Å². The van der Waals surface area contributed by atoms with Crippen LogP contribution < -0.4 is 15.4 Å². The van der Waals surface area contributed by atoms with Crippen molar-refractivity contribution in [2.45, 2.75) is 0 Å². The Morgan fingerprint density at radius 1 is 1.05 bits per heavy atom. The van der Waals surface area contributed by atoms with Crippen molar-refractivity contribution in [3.63, 3.8) is 0 Å². The first kappa shape index (κ1) is 14.0. The van der Waals surface area contributed by atoms with Crippen LogP contribution in [0.4, 0.5) is 5.69 Å². The molecule has 0 spiro atoms. The summed E-state index contributed by atoms with van der Waals surface area (Å²) in [7, 11) is 1.58. The number of nitrogens with one attached hydrogen (secondary N) is 2. The zero-order valence-corrected chi connectivity index (χ0v) is 11.7. The number of carbonyl (C=O) groups is 1. The summed E-state index contributed by atoms with van der Waals surface area (Å²) in [6.07, 6.45) is 0. The Balaban J connectivity index is 2.01. The molecule has 0 saturated carbocycles. The van der Waals surface area contributed by atoms with Crippen LogP contribution in [0.1, 0.15) is 10.4 Å². The largest absolute Gasteiger partial charge is 0.495 e. The summed E-state index contributed by atoms with van der Waals surface area (Å²) in [5.74, 6) is 0.404. The molecule has 0 fully saturated rings. The monoisotopic (exact) mass is 286 g/mol. The van der Waals surface area contributed by atoms with E-state index < -0.39 is 0 Å². The van der Waals surface area contributed by atoms with E-state index in [2.05, 4.69) is 10.6 Å². The summed E-state index contributed by atoms with van der Waals surface area (Å²) >= 11 is 5.12. The summed E-state index contributed by atoms with van der Waals surface area (Å²) in [5, 5.41) is 5.78. The molecular formula is C15H14N2O2S. The molecular weight excluding hydrogens is 272 g/mol. The molecule has 0 unspecified atom stereocenters. The van der Waals surface area contributed by atoms with E-state index in [0.29, 0.717) is 17.0 Å². The van der Waals surface area contributed by atoms with Crippen molar-refractivity contribution in [3.05, 3.63) is 60.2 Å². The summed E-state index contributed by atoms with van der Waals surface area (Å²) in [6.45, 7) is 0. The first-order valence-corrected chi connectivity index (χ1v) is 6.42. The van der Waals surface area contributed by atoms with Gasteiger partial charge in [0.15, 0.2) is 5.11 Å². The summed E-state index contributed by atoms with van der Waals surface area (Å²) < 4.78 is 5.20. The minimum atomic E-state index is -0.252. The van der Waals surface area contributed by atoms with E-state index in [0.717, 1.165) is 0 Å². The molecule has 0 aliphatic carbocycles. The molecule has 0 radical (unpaired) electrons. The van der Waals surface area contributed by atoms with Gasteiger partial charge in [-0.1, -0.05) is 30.3 Å². The lowest BCUT2D eigenvalue weighted by Gasteiger charge is -2.12. The maximum absolute atomic E-state index is 11.9. The van der Waals surface area contributed by atoms with Gasteiger partial charge >= 0.3 is 0 Å². The molecule has 0 aliphatic heterocycles. The van der Waals surface area contributed by atoms with Crippen LogP contribution in [-0.2, 0) is 0 Å². The number of hydrogen-bond acceptors (Lipinski definition) is 3. The second-order valence-electron chi connectivity index (χ2n) is 3.97. The first-order chi connectivity index (χ1) is 9.70. The van der Waals surface area contributed by atoms with Crippen molar-refractivity contribution in [3.8, 4) is 5.75 Å². The lowest BCUT2D eigenvalue weighted by molar-refractivity contribution is 0.0977. The lowest BCUT2D eigenvalue weighted by Crippen LogP contribution is -2.34. The van der Waals surface area contributed by atoms with Gasteiger partial charge in [0, 0.05) is 5.56 Å². The van der Waals surface area contributed by atoms with Crippen molar-refractivity contribution in [1.29, 1.82) is 0 Å². The molecule has 102 valence electrons. The van der Waals surface area contributed by atoms with Crippen molar-refractivity contribution < 1.29 is 9.53 Å². The van der Waals surface area contributed by atoms with Gasteiger partial charge < -0.3 is 10.1 Å². The zero-order valence-electron chi connectivity index (χ0n) is 10.9. The molecule has 0 saturated heterocycles. The number of benzene rings is 2. The Hall–Kier alpha value is -2.40. The highest BCUT2D eigenvalue weighted by atomic mass is 32.1. The van der Waals surface area contributed by atoms with Crippen molar-refractivity contribution in [1.82, 2.24) is 5.32 Å². The second kappa shape index (κ2) is 6.68. The fraction of sp³-hybridized carbons (Fsp3) is 0.0667. The third kappa shape index (κ3) is 3.55. The second-order valence-corrected chi connectivity index (χ2v) is 4.38. The molecule has 0 heterocycles. The van der Waals surface area contributed by atoms with Crippen LogP contribution in [0.3, 0.4) is 0 Å². The fourth-order valence-corrected chi connectivity index (χ4v) is 1.87. The lowest BCUT2D eigenvalue weighted by atomic mass is 10.2. The number of methoxy groups -OCH3 is 1. The van der Waals surface area contributed by atoms with Crippen LogP contribution in [0.15, 0.2) is 54.6 Å².